The van der Waals surface area contributed by atoms with Gasteiger partial charge in [0.1, 0.15) is 10.5 Å². The fraction of sp³-hybridized carbons (Fsp3) is 0.0769. The third kappa shape index (κ3) is 2.62. The molecule has 5 heteroatoms. The van der Waals surface area contributed by atoms with Crippen LogP contribution < -0.4 is 4.90 Å². The van der Waals surface area contributed by atoms with E-state index in [4.69, 9.17) is 12.2 Å². The van der Waals surface area contributed by atoms with Crippen LogP contribution in [0.4, 0.5) is 10.1 Å². The largest absolute Gasteiger partial charge is 0.352 e. The fourth-order valence-electron chi connectivity index (χ4n) is 1.52. The second-order valence-electron chi connectivity index (χ2n) is 3.78. The molecule has 0 fully saturated rings. The summed E-state index contributed by atoms with van der Waals surface area (Å²) in [4.78, 5) is 16.4. The SMILES string of the molecule is CN(C(=O)c1ccc(=S)[nH]c1)c1ccc(F)cc1. The molecule has 1 amide bonds. The lowest BCUT2D eigenvalue weighted by atomic mass is 10.2. The van der Waals surface area contributed by atoms with E-state index >= 15 is 0 Å². The van der Waals surface area contributed by atoms with Crippen molar-refractivity contribution < 1.29 is 9.18 Å². The molecule has 0 aliphatic rings. The third-order valence-electron chi connectivity index (χ3n) is 2.55. The molecule has 0 atom stereocenters. The van der Waals surface area contributed by atoms with Gasteiger partial charge in [-0.05, 0) is 36.4 Å². The lowest BCUT2D eigenvalue weighted by molar-refractivity contribution is 0.0992. The summed E-state index contributed by atoms with van der Waals surface area (Å²) in [5.41, 5.74) is 1.12. The van der Waals surface area contributed by atoms with Gasteiger partial charge in [0.2, 0.25) is 0 Å². The van der Waals surface area contributed by atoms with Gasteiger partial charge >= 0.3 is 0 Å². The smallest absolute Gasteiger partial charge is 0.259 e. The molecule has 0 unspecified atom stereocenters. The summed E-state index contributed by atoms with van der Waals surface area (Å²) in [5.74, 6) is -0.517. The number of halogens is 1. The van der Waals surface area contributed by atoms with Crippen molar-refractivity contribution in [2.75, 3.05) is 11.9 Å². The standard InChI is InChI=1S/C13H11FN2OS/c1-16(11-5-3-10(14)4-6-11)13(17)9-2-7-12(18)15-8-9/h2-8H,1H3,(H,15,18). The molecule has 0 radical (unpaired) electrons. The molecule has 0 saturated heterocycles. The van der Waals surface area contributed by atoms with E-state index in [1.54, 1.807) is 37.5 Å². The maximum Gasteiger partial charge on any atom is 0.259 e. The van der Waals surface area contributed by atoms with Crippen LogP contribution in [0.25, 0.3) is 0 Å². The van der Waals surface area contributed by atoms with E-state index in [2.05, 4.69) is 4.98 Å². The van der Waals surface area contributed by atoms with Crippen molar-refractivity contribution in [2.45, 2.75) is 0 Å². The number of amides is 1. The van der Waals surface area contributed by atoms with Crippen molar-refractivity contribution in [3.63, 3.8) is 0 Å². The first kappa shape index (κ1) is 12.4. The van der Waals surface area contributed by atoms with E-state index in [1.165, 1.54) is 17.0 Å². The minimum absolute atomic E-state index is 0.187. The summed E-state index contributed by atoms with van der Waals surface area (Å²) in [6, 6.07) is 9.05. The summed E-state index contributed by atoms with van der Waals surface area (Å²) in [5, 5.41) is 0. The number of aromatic nitrogens is 1. The number of hydrogen-bond donors (Lipinski definition) is 1. The second kappa shape index (κ2) is 5.10. The molecule has 18 heavy (non-hydrogen) atoms. The van der Waals surface area contributed by atoms with Crippen molar-refractivity contribution in [2.24, 2.45) is 0 Å². The molecular formula is C13H11FN2OS. The molecule has 1 aromatic carbocycles. The average Bonchev–Trinajstić information content (AvgIpc) is 2.39. The second-order valence-corrected chi connectivity index (χ2v) is 4.22. The van der Waals surface area contributed by atoms with E-state index in [-0.39, 0.29) is 11.7 Å². The predicted octanol–water partition coefficient (Wildman–Crippen LogP) is 3.16. The van der Waals surface area contributed by atoms with Gasteiger partial charge in [0.15, 0.2) is 0 Å². The molecule has 3 nitrogen and oxygen atoms in total. The normalized spacial score (nSPS) is 10.1. The lowest BCUT2D eigenvalue weighted by Crippen LogP contribution is -2.26. The topological polar surface area (TPSA) is 36.1 Å². The molecule has 1 N–H and O–H groups in total. The molecule has 0 aliphatic heterocycles. The van der Waals surface area contributed by atoms with Crippen molar-refractivity contribution in [3.05, 3.63) is 58.6 Å². The van der Waals surface area contributed by atoms with Crippen molar-refractivity contribution in [1.29, 1.82) is 0 Å². The van der Waals surface area contributed by atoms with Crippen LogP contribution in [0.2, 0.25) is 0 Å². The van der Waals surface area contributed by atoms with Gasteiger partial charge < -0.3 is 9.88 Å². The highest BCUT2D eigenvalue weighted by Gasteiger charge is 2.13. The van der Waals surface area contributed by atoms with Crippen LogP contribution >= 0.6 is 12.2 Å². The Hall–Kier alpha value is -2.01. The van der Waals surface area contributed by atoms with E-state index in [9.17, 15) is 9.18 Å². The Morgan fingerprint density at radius 2 is 1.89 bits per heavy atom. The van der Waals surface area contributed by atoms with Crippen LogP contribution in [-0.4, -0.2) is 17.9 Å². The predicted molar refractivity (Wildman–Crippen MR) is 70.8 cm³/mol. The van der Waals surface area contributed by atoms with Crippen LogP contribution in [0.15, 0.2) is 42.6 Å². The number of hydrogen-bond acceptors (Lipinski definition) is 2. The van der Waals surface area contributed by atoms with Gasteiger partial charge in [0, 0.05) is 18.9 Å². The number of anilines is 1. The van der Waals surface area contributed by atoms with Crippen LogP contribution in [0.1, 0.15) is 10.4 Å². The zero-order valence-electron chi connectivity index (χ0n) is 9.68. The van der Waals surface area contributed by atoms with Crippen LogP contribution in [0.3, 0.4) is 0 Å². The van der Waals surface area contributed by atoms with Crippen LogP contribution in [0, 0.1) is 10.5 Å². The molecule has 92 valence electrons. The monoisotopic (exact) mass is 262 g/mol. The lowest BCUT2D eigenvalue weighted by Gasteiger charge is -2.17. The molecule has 0 bridgehead atoms. The number of benzene rings is 1. The highest BCUT2D eigenvalue weighted by molar-refractivity contribution is 7.71. The quantitative estimate of drug-likeness (QED) is 0.844. The maximum atomic E-state index is 12.8. The highest BCUT2D eigenvalue weighted by Crippen LogP contribution is 2.15. The van der Waals surface area contributed by atoms with Gasteiger partial charge in [0.05, 0.1) is 5.56 Å². The Kier molecular flexibility index (Phi) is 3.53. The summed E-state index contributed by atoms with van der Waals surface area (Å²) in [7, 11) is 1.64. The fourth-order valence-corrected chi connectivity index (χ4v) is 1.65. The minimum atomic E-state index is -0.330. The van der Waals surface area contributed by atoms with Gasteiger partial charge in [-0.15, -0.1) is 0 Å². The maximum absolute atomic E-state index is 12.8. The number of pyridine rings is 1. The van der Waals surface area contributed by atoms with E-state index in [0.717, 1.165) is 0 Å². The van der Waals surface area contributed by atoms with Gasteiger partial charge in [-0.2, -0.15) is 0 Å². The van der Waals surface area contributed by atoms with Crippen molar-refractivity contribution >= 4 is 23.8 Å². The van der Waals surface area contributed by atoms with Crippen LogP contribution in [-0.2, 0) is 0 Å². The van der Waals surface area contributed by atoms with Crippen molar-refractivity contribution in [3.8, 4) is 0 Å². The highest BCUT2D eigenvalue weighted by atomic mass is 32.1. The zero-order valence-corrected chi connectivity index (χ0v) is 10.5. The number of nitrogens with zero attached hydrogens (tertiary/aromatic N) is 1. The molecular weight excluding hydrogens is 251 g/mol. The van der Waals surface area contributed by atoms with Crippen molar-refractivity contribution in [1.82, 2.24) is 4.98 Å². The number of rotatable bonds is 2. The van der Waals surface area contributed by atoms with Gasteiger partial charge in [-0.1, -0.05) is 12.2 Å². The van der Waals surface area contributed by atoms with E-state index in [0.29, 0.717) is 15.9 Å². The third-order valence-corrected chi connectivity index (χ3v) is 2.80. The Morgan fingerprint density at radius 1 is 1.22 bits per heavy atom. The Morgan fingerprint density at radius 3 is 2.44 bits per heavy atom. The summed E-state index contributed by atoms with van der Waals surface area (Å²) in [6.45, 7) is 0. The number of aromatic amines is 1. The summed E-state index contributed by atoms with van der Waals surface area (Å²) in [6.07, 6.45) is 1.56. The van der Waals surface area contributed by atoms with Crippen LogP contribution in [0.5, 0.6) is 0 Å². The molecule has 2 rings (SSSR count). The number of carbonyl (C=O) groups excluding carboxylic acids is 1. The Labute approximate surface area is 109 Å². The molecule has 0 aliphatic carbocycles. The number of H-pyrrole nitrogens is 1. The molecule has 2 aromatic rings. The number of nitrogens with one attached hydrogen (secondary N) is 1. The Balaban J connectivity index is 2.25. The average molecular weight is 262 g/mol. The molecule has 1 heterocycles. The van der Waals surface area contributed by atoms with Gasteiger partial charge in [0.25, 0.3) is 5.91 Å². The molecule has 0 spiro atoms. The van der Waals surface area contributed by atoms with E-state index in [1.807, 2.05) is 0 Å². The van der Waals surface area contributed by atoms with E-state index < -0.39 is 0 Å². The first-order chi connectivity index (χ1) is 8.58. The Bertz CT molecular complexity index is 601. The molecule has 1 aromatic heterocycles. The molecule has 0 saturated carbocycles. The minimum Gasteiger partial charge on any atom is -0.352 e. The first-order valence-corrected chi connectivity index (χ1v) is 5.71. The van der Waals surface area contributed by atoms with Gasteiger partial charge in [-0.25, -0.2) is 4.39 Å². The zero-order chi connectivity index (χ0) is 13.1. The first-order valence-electron chi connectivity index (χ1n) is 5.30. The number of carbonyl (C=O) groups is 1. The summed E-state index contributed by atoms with van der Waals surface area (Å²) < 4.78 is 13.4. The van der Waals surface area contributed by atoms with Gasteiger partial charge in [-0.3, -0.25) is 4.79 Å². The summed E-state index contributed by atoms with van der Waals surface area (Å²) >= 11 is 4.91.